The molecule has 0 unspecified atom stereocenters. The maximum atomic E-state index is 13.9. The first kappa shape index (κ1) is 23.2. The quantitative estimate of drug-likeness (QED) is 0.394. The van der Waals surface area contributed by atoms with Crippen LogP contribution in [0.5, 0.6) is 5.75 Å². The Labute approximate surface area is 206 Å². The summed E-state index contributed by atoms with van der Waals surface area (Å²) in [5, 5.41) is 0.857. The number of rotatable bonds is 5. The lowest BCUT2D eigenvalue weighted by Gasteiger charge is -2.38. The number of anilines is 2. The van der Waals surface area contributed by atoms with Crippen LogP contribution in [-0.4, -0.2) is 46.7 Å². The van der Waals surface area contributed by atoms with E-state index in [9.17, 15) is 8.42 Å². The minimum absolute atomic E-state index is 0.261. The zero-order chi connectivity index (χ0) is 24.6. The lowest BCUT2D eigenvalue weighted by atomic mass is 10.1. The van der Waals surface area contributed by atoms with Crippen LogP contribution in [0.2, 0.25) is 0 Å². The van der Waals surface area contributed by atoms with E-state index in [-0.39, 0.29) is 4.90 Å². The average molecular weight is 488 g/mol. The lowest BCUT2D eigenvalue weighted by Crippen LogP contribution is -2.47. The van der Waals surface area contributed by atoms with E-state index in [2.05, 4.69) is 26.9 Å². The highest BCUT2D eigenvalue weighted by Gasteiger charge is 2.29. The van der Waals surface area contributed by atoms with Crippen LogP contribution >= 0.6 is 0 Å². The zero-order valence-electron chi connectivity index (χ0n) is 20.2. The second-order valence-corrected chi connectivity index (χ2v) is 10.8. The van der Waals surface area contributed by atoms with Gasteiger partial charge >= 0.3 is 0 Å². The van der Waals surface area contributed by atoms with Gasteiger partial charge in [0.25, 0.3) is 0 Å². The van der Waals surface area contributed by atoms with Crippen LogP contribution in [0.25, 0.3) is 10.9 Å². The van der Waals surface area contributed by atoms with E-state index >= 15 is 0 Å². The highest BCUT2D eigenvalue weighted by molar-refractivity contribution is 7.91. The number of para-hydroxylation sites is 1. The van der Waals surface area contributed by atoms with E-state index in [4.69, 9.17) is 4.74 Å². The Bertz CT molecular complexity index is 1480. The first-order valence-electron chi connectivity index (χ1n) is 11.7. The number of aryl methyl sites for hydroxylation is 2. The molecule has 0 atom stereocenters. The molecule has 0 N–H and O–H groups in total. The molecule has 35 heavy (non-hydrogen) atoms. The van der Waals surface area contributed by atoms with Crippen molar-refractivity contribution in [3.63, 3.8) is 0 Å². The predicted molar refractivity (Wildman–Crippen MR) is 141 cm³/mol. The number of pyridine rings is 1. The van der Waals surface area contributed by atoms with Crippen molar-refractivity contribution in [3.05, 3.63) is 84.1 Å². The maximum Gasteiger partial charge on any atom is 0.210 e. The molecular weight excluding hydrogens is 458 g/mol. The molecule has 0 spiro atoms. The molecule has 1 aromatic heterocycles. The van der Waals surface area contributed by atoms with Gasteiger partial charge in [0, 0.05) is 43.4 Å². The van der Waals surface area contributed by atoms with E-state index in [1.165, 1.54) is 6.20 Å². The van der Waals surface area contributed by atoms with Crippen molar-refractivity contribution in [2.75, 3.05) is 43.1 Å². The fourth-order valence-electron chi connectivity index (χ4n) is 4.62. The van der Waals surface area contributed by atoms with Gasteiger partial charge < -0.3 is 14.5 Å². The Morgan fingerprint density at radius 1 is 0.829 bits per heavy atom. The fraction of sp³-hybridized carbons (Fsp3) is 0.250. The Morgan fingerprint density at radius 2 is 1.51 bits per heavy atom. The summed E-state index contributed by atoms with van der Waals surface area (Å²) in [4.78, 5) is 9.59. The minimum Gasteiger partial charge on any atom is -0.497 e. The third kappa shape index (κ3) is 4.32. The van der Waals surface area contributed by atoms with Gasteiger partial charge in [0.05, 0.1) is 23.2 Å². The van der Waals surface area contributed by atoms with Crippen LogP contribution in [0.3, 0.4) is 0 Å². The van der Waals surface area contributed by atoms with Crippen molar-refractivity contribution < 1.29 is 13.2 Å². The molecule has 1 aliphatic heterocycles. The van der Waals surface area contributed by atoms with Crippen molar-refractivity contribution in [1.29, 1.82) is 0 Å². The number of methoxy groups -OCH3 is 1. The molecular formula is C28H29N3O3S. The van der Waals surface area contributed by atoms with Gasteiger partial charge in [-0.15, -0.1) is 0 Å². The Morgan fingerprint density at radius 3 is 2.20 bits per heavy atom. The number of nitrogens with zero attached hydrogens (tertiary/aromatic N) is 3. The molecule has 3 aromatic carbocycles. The van der Waals surface area contributed by atoms with Crippen molar-refractivity contribution in [1.82, 2.24) is 4.98 Å². The summed E-state index contributed by atoms with van der Waals surface area (Å²) >= 11 is 0. The lowest BCUT2D eigenvalue weighted by molar-refractivity contribution is 0.415. The van der Waals surface area contributed by atoms with E-state index < -0.39 is 9.84 Å². The molecule has 0 amide bonds. The largest absolute Gasteiger partial charge is 0.497 e. The van der Waals surface area contributed by atoms with E-state index in [1.54, 1.807) is 19.2 Å². The van der Waals surface area contributed by atoms with E-state index in [0.29, 0.717) is 18.0 Å². The Kier molecular flexibility index (Phi) is 6.11. The highest BCUT2D eigenvalue weighted by atomic mass is 32.2. The highest BCUT2D eigenvalue weighted by Crippen LogP contribution is 2.37. The van der Waals surface area contributed by atoms with Gasteiger partial charge in [0.1, 0.15) is 10.6 Å². The smallest absolute Gasteiger partial charge is 0.210 e. The molecule has 0 saturated carbocycles. The molecule has 0 aliphatic carbocycles. The van der Waals surface area contributed by atoms with E-state index in [1.807, 2.05) is 56.3 Å². The normalized spacial score (nSPS) is 14.4. The molecule has 6 nitrogen and oxygen atoms in total. The number of hydrogen-bond acceptors (Lipinski definition) is 6. The molecule has 1 aliphatic rings. The molecule has 5 rings (SSSR count). The van der Waals surface area contributed by atoms with Gasteiger partial charge in [-0.3, -0.25) is 4.98 Å². The van der Waals surface area contributed by atoms with Gasteiger partial charge in [-0.2, -0.15) is 0 Å². The Balaban J connectivity index is 1.53. The van der Waals surface area contributed by atoms with Gasteiger partial charge in [0.15, 0.2) is 0 Å². The molecule has 1 saturated heterocycles. The molecule has 7 heteroatoms. The Hall–Kier alpha value is -3.58. The SMILES string of the molecule is COc1ccc(N2CCN(c3c(S(=O)(=O)c4ccc(C)c(C)c4)cnc4ccccc34)CC2)cc1. The zero-order valence-corrected chi connectivity index (χ0v) is 21.0. The summed E-state index contributed by atoms with van der Waals surface area (Å²) in [5.41, 5.74) is 4.68. The fourth-order valence-corrected chi connectivity index (χ4v) is 6.14. The second-order valence-electron chi connectivity index (χ2n) is 8.91. The average Bonchev–Trinajstić information content (AvgIpc) is 2.89. The number of piperazine rings is 1. The summed E-state index contributed by atoms with van der Waals surface area (Å²) in [6, 6.07) is 21.1. The van der Waals surface area contributed by atoms with E-state index in [0.717, 1.165) is 52.2 Å². The molecule has 2 heterocycles. The summed E-state index contributed by atoms with van der Waals surface area (Å²) < 4.78 is 33.0. The summed E-state index contributed by atoms with van der Waals surface area (Å²) in [6.45, 7) is 6.90. The van der Waals surface area contributed by atoms with Crippen LogP contribution in [0.1, 0.15) is 11.1 Å². The second kappa shape index (κ2) is 9.23. The number of fused-ring (bicyclic) bond motifs is 1. The maximum absolute atomic E-state index is 13.9. The van der Waals surface area contributed by atoms with Crippen LogP contribution in [0.4, 0.5) is 11.4 Å². The standard InChI is InChI=1S/C28H29N3O3S/c1-20-8-13-24(18-21(20)2)35(32,33)27-19-29-26-7-5-4-6-25(26)28(27)31-16-14-30(15-17-31)22-9-11-23(34-3)12-10-22/h4-13,18-19H,14-17H2,1-3H3. The minimum atomic E-state index is -3.75. The van der Waals surface area contributed by atoms with Gasteiger partial charge in [-0.25, -0.2) is 8.42 Å². The molecule has 0 bridgehead atoms. The van der Waals surface area contributed by atoms with Crippen LogP contribution in [0.15, 0.2) is 82.7 Å². The first-order chi connectivity index (χ1) is 16.9. The molecule has 180 valence electrons. The third-order valence-electron chi connectivity index (χ3n) is 6.83. The monoisotopic (exact) mass is 487 g/mol. The van der Waals surface area contributed by atoms with Gasteiger partial charge in [-0.1, -0.05) is 24.3 Å². The molecule has 1 fully saturated rings. The number of hydrogen-bond donors (Lipinski definition) is 0. The summed E-state index contributed by atoms with van der Waals surface area (Å²) in [6.07, 6.45) is 1.53. The predicted octanol–water partition coefficient (Wildman–Crippen LogP) is 5.02. The number of aromatic nitrogens is 1. The van der Waals surface area contributed by atoms with Crippen molar-refractivity contribution >= 4 is 32.1 Å². The van der Waals surface area contributed by atoms with Crippen LogP contribution in [-0.2, 0) is 9.84 Å². The van der Waals surface area contributed by atoms with Gasteiger partial charge in [-0.05, 0) is 67.4 Å². The van der Waals surface area contributed by atoms with Crippen molar-refractivity contribution in [2.24, 2.45) is 0 Å². The summed E-state index contributed by atoms with van der Waals surface area (Å²) in [7, 11) is -2.09. The number of sulfone groups is 1. The topological polar surface area (TPSA) is 62.7 Å². The van der Waals surface area contributed by atoms with Crippen molar-refractivity contribution in [2.45, 2.75) is 23.6 Å². The molecule has 0 radical (unpaired) electrons. The van der Waals surface area contributed by atoms with Crippen LogP contribution < -0.4 is 14.5 Å². The third-order valence-corrected chi connectivity index (χ3v) is 8.58. The summed E-state index contributed by atoms with van der Waals surface area (Å²) in [5.74, 6) is 0.830. The molecule has 4 aromatic rings. The number of ether oxygens (including phenoxy) is 1. The number of benzene rings is 3. The van der Waals surface area contributed by atoms with Gasteiger partial charge in [0.2, 0.25) is 9.84 Å². The van der Waals surface area contributed by atoms with Crippen molar-refractivity contribution in [3.8, 4) is 5.75 Å². The first-order valence-corrected chi connectivity index (χ1v) is 13.2. The van der Waals surface area contributed by atoms with Crippen LogP contribution in [0, 0.1) is 13.8 Å².